The van der Waals surface area contributed by atoms with Crippen LogP contribution >= 0.6 is 11.6 Å². The molecule has 2 N–H and O–H groups in total. The van der Waals surface area contributed by atoms with Crippen LogP contribution in [0.5, 0.6) is 0 Å². The smallest absolute Gasteiger partial charge is 0.191 e. The Balaban J connectivity index is 2.13. The molecular formula is C19H30ClN3O2. The van der Waals surface area contributed by atoms with Gasteiger partial charge in [0.1, 0.15) is 0 Å². The number of methoxy groups -OCH3 is 1. The summed E-state index contributed by atoms with van der Waals surface area (Å²) in [7, 11) is 1.72. The molecule has 1 heterocycles. The topological polar surface area (TPSA) is 54.9 Å². The fraction of sp³-hybridized carbons (Fsp3) is 0.632. The molecule has 0 unspecified atom stereocenters. The Morgan fingerprint density at radius 3 is 2.72 bits per heavy atom. The first kappa shape index (κ1) is 20.0. The highest BCUT2D eigenvalue weighted by molar-refractivity contribution is 6.31. The van der Waals surface area contributed by atoms with E-state index >= 15 is 0 Å². The lowest BCUT2D eigenvalue weighted by atomic mass is 9.74. The first-order valence-corrected chi connectivity index (χ1v) is 9.43. The molecule has 1 aliphatic heterocycles. The maximum absolute atomic E-state index is 6.51. The van der Waals surface area contributed by atoms with Gasteiger partial charge in [0.05, 0.1) is 6.54 Å². The lowest BCUT2D eigenvalue weighted by molar-refractivity contribution is 0.0531. The number of hydrogen-bond donors (Lipinski definition) is 2. The van der Waals surface area contributed by atoms with Gasteiger partial charge in [-0.2, -0.15) is 0 Å². The van der Waals surface area contributed by atoms with Crippen LogP contribution < -0.4 is 10.6 Å². The predicted molar refractivity (Wildman–Crippen MR) is 104 cm³/mol. The number of benzene rings is 1. The molecule has 1 aromatic carbocycles. The van der Waals surface area contributed by atoms with Crippen LogP contribution in [-0.2, 0) is 14.9 Å². The van der Waals surface area contributed by atoms with E-state index < -0.39 is 0 Å². The number of hydrogen-bond acceptors (Lipinski definition) is 3. The molecule has 0 bridgehead atoms. The Morgan fingerprint density at radius 1 is 1.28 bits per heavy atom. The molecule has 1 saturated heterocycles. The van der Waals surface area contributed by atoms with Crippen molar-refractivity contribution in [2.24, 2.45) is 4.99 Å². The van der Waals surface area contributed by atoms with Crippen LogP contribution in [0, 0.1) is 0 Å². The molecule has 1 fully saturated rings. The van der Waals surface area contributed by atoms with Crippen LogP contribution in [0.15, 0.2) is 29.3 Å². The van der Waals surface area contributed by atoms with E-state index in [1.165, 1.54) is 5.56 Å². The summed E-state index contributed by atoms with van der Waals surface area (Å²) in [6.45, 7) is 6.68. The van der Waals surface area contributed by atoms with Crippen molar-refractivity contribution in [3.63, 3.8) is 0 Å². The molecule has 6 heteroatoms. The average Bonchev–Trinajstić information content (AvgIpc) is 2.64. The average molecular weight is 368 g/mol. The minimum Gasteiger partial charge on any atom is -0.385 e. The van der Waals surface area contributed by atoms with Crippen molar-refractivity contribution in [3.05, 3.63) is 34.9 Å². The van der Waals surface area contributed by atoms with Gasteiger partial charge in [-0.25, -0.2) is 0 Å². The highest BCUT2D eigenvalue weighted by Gasteiger charge is 2.36. The lowest BCUT2D eigenvalue weighted by Crippen LogP contribution is -2.41. The number of aliphatic imine (C=N–C) groups is 1. The van der Waals surface area contributed by atoms with E-state index in [2.05, 4.69) is 29.7 Å². The quantitative estimate of drug-likeness (QED) is 0.421. The fourth-order valence-corrected chi connectivity index (χ4v) is 3.50. The van der Waals surface area contributed by atoms with Crippen LogP contribution in [0.2, 0.25) is 5.02 Å². The van der Waals surface area contributed by atoms with Crippen molar-refractivity contribution in [1.82, 2.24) is 10.6 Å². The Bertz CT molecular complexity index is 545. The first-order chi connectivity index (χ1) is 12.2. The van der Waals surface area contributed by atoms with E-state index in [0.717, 1.165) is 63.2 Å². The summed E-state index contributed by atoms with van der Waals surface area (Å²) in [5.41, 5.74) is 1.12. The van der Waals surface area contributed by atoms with Crippen molar-refractivity contribution in [2.75, 3.05) is 46.6 Å². The Kier molecular flexibility index (Phi) is 8.52. The number of rotatable bonds is 8. The minimum atomic E-state index is -0.0640. The van der Waals surface area contributed by atoms with Crippen LogP contribution in [0.1, 0.15) is 31.7 Å². The van der Waals surface area contributed by atoms with Crippen molar-refractivity contribution in [3.8, 4) is 0 Å². The van der Waals surface area contributed by atoms with Gasteiger partial charge in [0.15, 0.2) is 5.96 Å². The molecule has 0 radical (unpaired) electrons. The third-order valence-corrected chi connectivity index (χ3v) is 4.93. The summed E-state index contributed by atoms with van der Waals surface area (Å²) in [5, 5.41) is 7.51. The summed E-state index contributed by atoms with van der Waals surface area (Å²) in [5.74, 6) is 0.844. The van der Waals surface area contributed by atoms with Gasteiger partial charge in [0, 0.05) is 50.5 Å². The van der Waals surface area contributed by atoms with Gasteiger partial charge in [-0.15, -0.1) is 0 Å². The summed E-state index contributed by atoms with van der Waals surface area (Å²) >= 11 is 6.51. The van der Waals surface area contributed by atoms with Gasteiger partial charge >= 0.3 is 0 Å². The molecule has 2 rings (SSSR count). The monoisotopic (exact) mass is 367 g/mol. The highest BCUT2D eigenvalue weighted by atomic mass is 35.5. The normalized spacial score (nSPS) is 17.3. The molecule has 140 valence electrons. The number of nitrogens with one attached hydrogen (secondary N) is 2. The highest BCUT2D eigenvalue weighted by Crippen LogP contribution is 2.38. The van der Waals surface area contributed by atoms with E-state index in [0.29, 0.717) is 6.54 Å². The standard InChI is InChI=1S/C19H30ClN3O2/c1-3-21-18(22-11-6-12-24-2)23-15-19(9-13-25-14-10-19)16-7-4-5-8-17(16)20/h4-5,7-8H,3,6,9-15H2,1-2H3,(H2,21,22,23). The van der Waals surface area contributed by atoms with Gasteiger partial charge in [-0.1, -0.05) is 29.8 Å². The molecule has 25 heavy (non-hydrogen) atoms. The molecule has 0 saturated carbocycles. The van der Waals surface area contributed by atoms with Gasteiger partial charge in [-0.05, 0) is 37.8 Å². The SMILES string of the molecule is CCNC(=NCC1(c2ccccc2Cl)CCOCC1)NCCCOC. The Morgan fingerprint density at radius 2 is 2.04 bits per heavy atom. The lowest BCUT2D eigenvalue weighted by Gasteiger charge is -2.37. The molecule has 0 aromatic heterocycles. The molecule has 0 atom stereocenters. The van der Waals surface area contributed by atoms with E-state index in [1.807, 2.05) is 12.1 Å². The zero-order valence-electron chi connectivity index (χ0n) is 15.3. The zero-order chi connectivity index (χ0) is 18.0. The Hall–Kier alpha value is -1.30. The largest absolute Gasteiger partial charge is 0.385 e. The van der Waals surface area contributed by atoms with E-state index in [1.54, 1.807) is 7.11 Å². The second-order valence-corrected chi connectivity index (χ2v) is 6.75. The van der Waals surface area contributed by atoms with Crippen molar-refractivity contribution < 1.29 is 9.47 Å². The molecular weight excluding hydrogens is 338 g/mol. The van der Waals surface area contributed by atoms with E-state index in [9.17, 15) is 0 Å². The van der Waals surface area contributed by atoms with Gasteiger partial charge in [-0.3, -0.25) is 4.99 Å². The van der Waals surface area contributed by atoms with Crippen LogP contribution in [0.3, 0.4) is 0 Å². The van der Waals surface area contributed by atoms with Crippen molar-refractivity contribution >= 4 is 17.6 Å². The van der Waals surface area contributed by atoms with Gasteiger partial charge < -0.3 is 20.1 Å². The molecule has 1 aliphatic rings. The van der Waals surface area contributed by atoms with Crippen LogP contribution in [0.25, 0.3) is 0 Å². The number of guanidine groups is 1. The maximum atomic E-state index is 6.51. The molecule has 0 aliphatic carbocycles. The maximum Gasteiger partial charge on any atom is 0.191 e. The minimum absolute atomic E-state index is 0.0640. The number of halogens is 1. The van der Waals surface area contributed by atoms with E-state index in [4.69, 9.17) is 26.1 Å². The second-order valence-electron chi connectivity index (χ2n) is 6.34. The Labute approximate surface area is 156 Å². The summed E-state index contributed by atoms with van der Waals surface area (Å²) in [6.07, 6.45) is 2.82. The molecule has 5 nitrogen and oxygen atoms in total. The zero-order valence-corrected chi connectivity index (χ0v) is 16.1. The summed E-state index contributed by atoms with van der Waals surface area (Å²) in [6, 6.07) is 8.12. The molecule has 0 amide bonds. The summed E-state index contributed by atoms with van der Waals surface area (Å²) in [4.78, 5) is 4.86. The number of ether oxygens (including phenoxy) is 2. The number of nitrogens with zero attached hydrogens (tertiary/aromatic N) is 1. The van der Waals surface area contributed by atoms with Crippen LogP contribution in [-0.4, -0.2) is 52.5 Å². The van der Waals surface area contributed by atoms with Crippen LogP contribution in [0.4, 0.5) is 0 Å². The molecule has 1 aromatic rings. The van der Waals surface area contributed by atoms with Gasteiger partial charge in [0.25, 0.3) is 0 Å². The van der Waals surface area contributed by atoms with Crippen molar-refractivity contribution in [2.45, 2.75) is 31.6 Å². The second kappa shape index (κ2) is 10.6. The third-order valence-electron chi connectivity index (χ3n) is 4.60. The molecule has 0 spiro atoms. The first-order valence-electron chi connectivity index (χ1n) is 9.06. The third kappa shape index (κ3) is 5.87. The van der Waals surface area contributed by atoms with E-state index in [-0.39, 0.29) is 5.41 Å². The summed E-state index contributed by atoms with van der Waals surface area (Å²) < 4.78 is 10.7. The predicted octanol–water partition coefficient (Wildman–Crippen LogP) is 2.98. The van der Waals surface area contributed by atoms with Gasteiger partial charge in [0.2, 0.25) is 0 Å². The fourth-order valence-electron chi connectivity index (χ4n) is 3.16. The van der Waals surface area contributed by atoms with Crippen molar-refractivity contribution in [1.29, 1.82) is 0 Å².